The first kappa shape index (κ1) is 19.5. The number of rotatable bonds is 7. The van der Waals surface area contributed by atoms with Crippen LogP contribution >= 0.6 is 0 Å². The molecule has 1 fully saturated rings. The van der Waals surface area contributed by atoms with Crippen molar-refractivity contribution in [3.8, 4) is 0 Å². The smallest absolute Gasteiger partial charge is 0.253 e. The fourth-order valence-corrected chi connectivity index (χ4v) is 4.07. The van der Waals surface area contributed by atoms with Gasteiger partial charge < -0.3 is 9.64 Å². The van der Waals surface area contributed by atoms with E-state index in [4.69, 9.17) is 4.74 Å². The third-order valence-electron chi connectivity index (χ3n) is 4.48. The van der Waals surface area contributed by atoms with Crippen molar-refractivity contribution in [3.63, 3.8) is 0 Å². The van der Waals surface area contributed by atoms with Gasteiger partial charge in [0.15, 0.2) is 0 Å². The molecule has 1 atom stereocenters. The Hall–Kier alpha value is -2.22. The summed E-state index contributed by atoms with van der Waals surface area (Å²) in [4.78, 5) is 13.8. The largest absolute Gasteiger partial charge is 0.365 e. The van der Waals surface area contributed by atoms with Gasteiger partial charge in [0.2, 0.25) is 10.0 Å². The topological polar surface area (TPSA) is 75.7 Å². The van der Waals surface area contributed by atoms with Crippen LogP contribution in [0.15, 0.2) is 54.6 Å². The Morgan fingerprint density at radius 1 is 1.15 bits per heavy atom. The average Bonchev–Trinajstić information content (AvgIpc) is 2.67. The van der Waals surface area contributed by atoms with Crippen molar-refractivity contribution in [2.75, 3.05) is 30.3 Å². The van der Waals surface area contributed by atoms with E-state index in [-0.39, 0.29) is 30.9 Å². The molecule has 1 N–H and O–H groups in total. The second-order valence-corrected chi connectivity index (χ2v) is 8.61. The van der Waals surface area contributed by atoms with Crippen molar-refractivity contribution in [2.24, 2.45) is 0 Å². The van der Waals surface area contributed by atoms with Gasteiger partial charge in [-0.2, -0.15) is 0 Å². The summed E-state index contributed by atoms with van der Waals surface area (Å²) in [6.45, 7) is 2.38. The van der Waals surface area contributed by atoms with Crippen molar-refractivity contribution in [2.45, 2.75) is 19.4 Å². The molecule has 0 spiro atoms. The molecule has 1 saturated heterocycles. The van der Waals surface area contributed by atoms with Crippen molar-refractivity contribution in [1.82, 2.24) is 4.72 Å². The molecule has 144 valence electrons. The normalized spacial score (nSPS) is 17.9. The first-order chi connectivity index (χ1) is 12.9. The Morgan fingerprint density at radius 3 is 2.67 bits per heavy atom. The second-order valence-electron chi connectivity index (χ2n) is 6.68. The number of hydrogen-bond donors (Lipinski definition) is 1. The second kappa shape index (κ2) is 8.65. The lowest BCUT2D eigenvalue weighted by molar-refractivity contribution is -0.129. The number of morpholine rings is 1. The summed E-state index contributed by atoms with van der Waals surface area (Å²) in [6.07, 6.45) is 0.0741. The van der Waals surface area contributed by atoms with Gasteiger partial charge in [-0.05, 0) is 36.6 Å². The molecule has 2 aromatic rings. The SMILES string of the molecule is Cc1cccc(N2CC(CNS(=O)(=O)CCc3ccccc3)OCC2=O)c1. The lowest BCUT2D eigenvalue weighted by atomic mass is 10.2. The third-order valence-corrected chi connectivity index (χ3v) is 5.82. The van der Waals surface area contributed by atoms with Crippen LogP contribution in [0.25, 0.3) is 0 Å². The molecular formula is C20H24N2O4S. The number of ether oxygens (including phenoxy) is 1. The van der Waals surface area contributed by atoms with E-state index in [0.29, 0.717) is 13.0 Å². The molecule has 0 radical (unpaired) electrons. The van der Waals surface area contributed by atoms with E-state index in [1.807, 2.05) is 61.5 Å². The zero-order chi connectivity index (χ0) is 19.3. The molecule has 3 rings (SSSR count). The number of benzene rings is 2. The number of amides is 1. The van der Waals surface area contributed by atoms with E-state index in [9.17, 15) is 13.2 Å². The minimum atomic E-state index is -3.41. The minimum absolute atomic E-state index is 0.0181. The number of sulfonamides is 1. The van der Waals surface area contributed by atoms with Crippen molar-refractivity contribution in [1.29, 1.82) is 0 Å². The molecule has 0 saturated carbocycles. The van der Waals surface area contributed by atoms with Crippen LogP contribution in [-0.2, 0) is 26.0 Å². The zero-order valence-corrected chi connectivity index (χ0v) is 16.1. The Bertz CT molecular complexity index is 884. The molecule has 0 aliphatic carbocycles. The van der Waals surface area contributed by atoms with Crippen LogP contribution < -0.4 is 9.62 Å². The maximum absolute atomic E-state index is 12.3. The van der Waals surface area contributed by atoms with Crippen molar-refractivity contribution in [3.05, 3.63) is 65.7 Å². The average molecular weight is 388 g/mol. The number of nitrogens with one attached hydrogen (secondary N) is 1. The van der Waals surface area contributed by atoms with Crippen LogP contribution in [0.4, 0.5) is 5.69 Å². The van der Waals surface area contributed by atoms with Gasteiger partial charge in [-0.15, -0.1) is 0 Å². The van der Waals surface area contributed by atoms with Crippen LogP contribution in [0.2, 0.25) is 0 Å². The van der Waals surface area contributed by atoms with E-state index < -0.39 is 10.0 Å². The molecule has 7 heteroatoms. The summed E-state index contributed by atoms with van der Waals surface area (Å²) in [5.41, 5.74) is 2.85. The van der Waals surface area contributed by atoms with Gasteiger partial charge in [-0.1, -0.05) is 42.5 Å². The van der Waals surface area contributed by atoms with E-state index in [2.05, 4.69) is 4.72 Å². The van der Waals surface area contributed by atoms with Gasteiger partial charge >= 0.3 is 0 Å². The summed E-state index contributed by atoms with van der Waals surface area (Å²) < 4.78 is 32.6. The molecular weight excluding hydrogens is 364 g/mol. The van der Waals surface area contributed by atoms with Crippen LogP contribution in [0.3, 0.4) is 0 Å². The highest BCUT2D eigenvalue weighted by molar-refractivity contribution is 7.89. The standard InChI is InChI=1S/C20H24N2O4S/c1-16-6-5-9-18(12-16)22-14-19(26-15-20(22)23)13-21-27(24,25)11-10-17-7-3-2-4-8-17/h2-9,12,19,21H,10-11,13-15H2,1H3. The van der Waals surface area contributed by atoms with Crippen LogP contribution in [0.5, 0.6) is 0 Å². The Morgan fingerprint density at radius 2 is 1.93 bits per heavy atom. The third kappa shape index (κ3) is 5.63. The Balaban J connectivity index is 1.55. The van der Waals surface area contributed by atoms with Crippen molar-refractivity contribution >= 4 is 21.6 Å². The molecule has 2 aromatic carbocycles. The number of hydrogen-bond acceptors (Lipinski definition) is 4. The molecule has 6 nitrogen and oxygen atoms in total. The molecule has 27 heavy (non-hydrogen) atoms. The summed E-state index contributed by atoms with van der Waals surface area (Å²) in [5, 5.41) is 0. The van der Waals surface area contributed by atoms with Crippen LogP contribution in [0, 0.1) is 6.92 Å². The highest BCUT2D eigenvalue weighted by atomic mass is 32.2. The monoisotopic (exact) mass is 388 g/mol. The van der Waals surface area contributed by atoms with Gasteiger partial charge in [0.1, 0.15) is 6.61 Å². The fourth-order valence-electron chi connectivity index (χ4n) is 2.98. The fraction of sp³-hybridized carbons (Fsp3) is 0.350. The lowest BCUT2D eigenvalue weighted by Crippen LogP contribution is -2.50. The predicted octanol–water partition coefficient (Wildman–Crippen LogP) is 1.89. The zero-order valence-electron chi connectivity index (χ0n) is 15.3. The van der Waals surface area contributed by atoms with Gasteiger partial charge in [0.05, 0.1) is 18.4 Å². The van der Waals surface area contributed by atoms with Gasteiger partial charge in [0.25, 0.3) is 5.91 Å². The summed E-state index contributed by atoms with van der Waals surface area (Å²) in [5.74, 6) is -0.103. The molecule has 1 heterocycles. The number of aryl methyl sites for hydroxylation is 2. The highest BCUT2D eigenvalue weighted by Crippen LogP contribution is 2.19. The van der Waals surface area contributed by atoms with Gasteiger partial charge in [0, 0.05) is 12.2 Å². The molecule has 1 aliphatic heterocycles. The summed E-state index contributed by atoms with van der Waals surface area (Å²) in [7, 11) is -3.41. The quantitative estimate of drug-likeness (QED) is 0.786. The van der Waals surface area contributed by atoms with Gasteiger partial charge in [-0.3, -0.25) is 4.79 Å². The van der Waals surface area contributed by atoms with E-state index in [1.165, 1.54) is 0 Å². The molecule has 1 unspecified atom stereocenters. The van der Waals surface area contributed by atoms with E-state index in [1.54, 1.807) is 4.90 Å². The first-order valence-corrected chi connectivity index (χ1v) is 10.6. The number of carbonyl (C=O) groups is 1. The van der Waals surface area contributed by atoms with E-state index >= 15 is 0 Å². The van der Waals surface area contributed by atoms with Gasteiger partial charge in [-0.25, -0.2) is 13.1 Å². The Labute approximate surface area is 160 Å². The highest BCUT2D eigenvalue weighted by Gasteiger charge is 2.28. The number of carbonyl (C=O) groups excluding carboxylic acids is 1. The van der Waals surface area contributed by atoms with Crippen LogP contribution in [-0.4, -0.2) is 45.9 Å². The Kier molecular flexibility index (Phi) is 6.26. The molecule has 1 aliphatic rings. The molecule has 0 aromatic heterocycles. The summed E-state index contributed by atoms with van der Waals surface area (Å²) in [6, 6.07) is 17.2. The van der Waals surface area contributed by atoms with E-state index in [0.717, 1.165) is 16.8 Å². The van der Waals surface area contributed by atoms with Crippen LogP contribution in [0.1, 0.15) is 11.1 Å². The maximum Gasteiger partial charge on any atom is 0.253 e. The lowest BCUT2D eigenvalue weighted by Gasteiger charge is -2.33. The predicted molar refractivity (Wildman–Crippen MR) is 105 cm³/mol. The number of anilines is 1. The maximum atomic E-state index is 12.3. The summed E-state index contributed by atoms with van der Waals surface area (Å²) >= 11 is 0. The van der Waals surface area contributed by atoms with Crippen molar-refractivity contribution < 1.29 is 17.9 Å². The minimum Gasteiger partial charge on any atom is -0.365 e. The number of nitrogens with zero attached hydrogens (tertiary/aromatic N) is 1. The molecule has 0 bridgehead atoms. The molecule has 1 amide bonds. The first-order valence-electron chi connectivity index (χ1n) is 8.93.